The van der Waals surface area contributed by atoms with Gasteiger partial charge in [-0.25, -0.2) is 15.0 Å². The number of benzene rings is 6. The number of para-hydroxylation sites is 2. The minimum absolute atomic E-state index is 0.605. The first-order valence-corrected chi connectivity index (χ1v) is 16.6. The Morgan fingerprint density at radius 2 is 1.02 bits per heavy atom. The highest BCUT2D eigenvalue weighted by Crippen LogP contribution is 2.42. The maximum absolute atomic E-state index is 6.56. The second-order valence-corrected chi connectivity index (χ2v) is 12.9. The Balaban J connectivity index is 1.24. The van der Waals surface area contributed by atoms with E-state index >= 15 is 0 Å². The Morgan fingerprint density at radius 3 is 1.82 bits per heavy atom. The van der Waals surface area contributed by atoms with Crippen LogP contribution in [0.3, 0.4) is 0 Å². The van der Waals surface area contributed by atoms with E-state index in [4.69, 9.17) is 23.8 Å². The smallest absolute Gasteiger partial charge is 0.164 e. The van der Waals surface area contributed by atoms with Crippen molar-refractivity contribution in [3.8, 4) is 45.3 Å². The van der Waals surface area contributed by atoms with Gasteiger partial charge in [0.25, 0.3) is 0 Å². The Labute approximate surface area is 287 Å². The summed E-state index contributed by atoms with van der Waals surface area (Å²) in [5.74, 6) is 1.92. The van der Waals surface area contributed by atoms with Gasteiger partial charge in [-0.3, -0.25) is 0 Å². The normalized spacial score (nSPS) is 11.7. The van der Waals surface area contributed by atoms with Crippen molar-refractivity contribution in [2.45, 2.75) is 0 Å². The van der Waals surface area contributed by atoms with Gasteiger partial charge in [-0.1, -0.05) is 95.9 Å². The van der Waals surface area contributed by atoms with Gasteiger partial charge in [-0.05, 0) is 29.8 Å². The number of rotatable bonds is 4. The molecule has 0 unspecified atom stereocenters. The van der Waals surface area contributed by atoms with Crippen LogP contribution in [0.5, 0.6) is 0 Å². The van der Waals surface area contributed by atoms with Crippen molar-refractivity contribution in [2.24, 2.45) is 0 Å². The van der Waals surface area contributed by atoms with E-state index in [-0.39, 0.29) is 0 Å². The Bertz CT molecular complexity index is 2760. The van der Waals surface area contributed by atoms with E-state index in [2.05, 4.69) is 93.8 Å². The standard InChI is InChI=1S/C39H28B5N3O2/c40-31-30(32(41)34(43)35(44)33(31)42)39-46-37(19-8-2-1-3-9-19)45-38(47-39)20-16-17-25-28(18-20)48-27-15-7-11-22(29(25)27)24-13-6-12-23-21-10-4-5-14-26(21)49-36(23)24/h1-18H,40-44H2. The fourth-order valence-electron chi connectivity index (χ4n) is 7.32. The lowest BCUT2D eigenvalue weighted by Gasteiger charge is -2.20. The third-order valence-electron chi connectivity index (χ3n) is 10.3. The zero-order chi connectivity index (χ0) is 33.4. The zero-order valence-corrected chi connectivity index (χ0v) is 28.1. The summed E-state index contributed by atoms with van der Waals surface area (Å²) in [5, 5.41) is 4.29. The van der Waals surface area contributed by atoms with Gasteiger partial charge >= 0.3 is 0 Å². The minimum Gasteiger partial charge on any atom is -0.456 e. The Kier molecular flexibility index (Phi) is 6.70. The van der Waals surface area contributed by atoms with Crippen LogP contribution in [0.15, 0.2) is 118 Å². The monoisotopic (exact) mass is 625 g/mol. The van der Waals surface area contributed by atoms with Crippen molar-refractivity contribution in [3.05, 3.63) is 109 Å². The fourth-order valence-corrected chi connectivity index (χ4v) is 7.32. The van der Waals surface area contributed by atoms with Crippen molar-refractivity contribution in [2.75, 3.05) is 0 Å². The number of nitrogens with zero attached hydrogens (tertiary/aromatic N) is 3. The van der Waals surface area contributed by atoms with E-state index < -0.39 is 0 Å². The Hall–Kier alpha value is -5.75. The van der Waals surface area contributed by atoms with E-state index in [0.717, 1.165) is 71.7 Å². The maximum Gasteiger partial charge on any atom is 0.164 e. The van der Waals surface area contributed by atoms with E-state index in [1.54, 1.807) is 0 Å². The molecule has 9 rings (SSSR count). The largest absolute Gasteiger partial charge is 0.456 e. The molecule has 0 aliphatic carbocycles. The first-order valence-electron chi connectivity index (χ1n) is 16.6. The fraction of sp³-hybridized carbons (Fsp3) is 0. The quantitative estimate of drug-likeness (QED) is 0.279. The summed E-state index contributed by atoms with van der Waals surface area (Å²) in [6, 6.07) is 37.2. The molecule has 10 heteroatoms. The highest BCUT2D eigenvalue weighted by Gasteiger charge is 2.21. The van der Waals surface area contributed by atoms with Gasteiger partial charge in [0.2, 0.25) is 0 Å². The van der Waals surface area contributed by atoms with Gasteiger partial charge in [0.05, 0.1) is 0 Å². The van der Waals surface area contributed by atoms with Crippen molar-refractivity contribution in [1.29, 1.82) is 0 Å². The third kappa shape index (κ3) is 4.58. The number of fused-ring (bicyclic) bond motifs is 6. The van der Waals surface area contributed by atoms with Crippen LogP contribution >= 0.6 is 0 Å². The molecule has 3 heterocycles. The second-order valence-electron chi connectivity index (χ2n) is 12.9. The molecule has 0 aliphatic heterocycles. The lowest BCUT2D eigenvalue weighted by Crippen LogP contribution is -2.55. The molecular weight excluding hydrogens is 597 g/mol. The Morgan fingerprint density at radius 1 is 0.408 bits per heavy atom. The van der Waals surface area contributed by atoms with Gasteiger partial charge in [-0.2, -0.15) is 0 Å². The molecule has 49 heavy (non-hydrogen) atoms. The number of aromatic nitrogens is 3. The topological polar surface area (TPSA) is 65.0 Å². The van der Waals surface area contributed by atoms with Crippen LogP contribution in [0, 0.1) is 0 Å². The molecule has 9 aromatic rings. The predicted octanol–water partition coefficient (Wildman–Crippen LogP) is 1.63. The first-order chi connectivity index (χ1) is 23.9. The number of hydrogen-bond acceptors (Lipinski definition) is 5. The van der Waals surface area contributed by atoms with Crippen LogP contribution in [0.1, 0.15) is 0 Å². The molecule has 0 atom stereocenters. The van der Waals surface area contributed by atoms with E-state index in [0.29, 0.717) is 17.5 Å². The van der Waals surface area contributed by atoms with Gasteiger partial charge in [0.15, 0.2) is 17.5 Å². The van der Waals surface area contributed by atoms with Gasteiger partial charge in [-0.15, -0.1) is 16.4 Å². The second kappa shape index (κ2) is 11.2. The summed E-state index contributed by atoms with van der Waals surface area (Å²) in [7, 11) is 10.9. The molecular formula is C39H28B5N3O2. The first kappa shape index (κ1) is 29.4. The van der Waals surface area contributed by atoms with Crippen molar-refractivity contribution in [3.63, 3.8) is 0 Å². The lowest BCUT2D eigenvalue weighted by atomic mass is 9.60. The molecule has 0 saturated heterocycles. The number of furan rings is 2. The predicted molar refractivity (Wildman–Crippen MR) is 217 cm³/mol. The van der Waals surface area contributed by atoms with Crippen LogP contribution in [-0.2, 0) is 0 Å². The summed E-state index contributed by atoms with van der Waals surface area (Å²) in [6.07, 6.45) is 0. The summed E-state index contributed by atoms with van der Waals surface area (Å²) in [4.78, 5) is 15.2. The van der Waals surface area contributed by atoms with Crippen molar-refractivity contribution < 1.29 is 8.83 Å². The van der Waals surface area contributed by atoms with Crippen molar-refractivity contribution >= 4 is 110 Å². The van der Waals surface area contributed by atoms with Gasteiger partial charge in [0, 0.05) is 43.8 Å². The SMILES string of the molecule is Bc1c(B)c(B)c(-c2nc(-c3ccccc3)nc(-c3ccc4c(c3)oc3cccc(-c5cccc6c5oc5ccccc56)c34)n2)c(B)c1B. The highest BCUT2D eigenvalue weighted by molar-refractivity contribution is 6.68. The molecule has 0 N–H and O–H groups in total. The van der Waals surface area contributed by atoms with E-state index in [9.17, 15) is 0 Å². The van der Waals surface area contributed by atoms with Gasteiger partial charge in [0.1, 0.15) is 61.6 Å². The molecule has 0 spiro atoms. The number of hydrogen-bond donors (Lipinski definition) is 0. The average Bonchev–Trinajstić information content (AvgIpc) is 3.72. The van der Waals surface area contributed by atoms with Crippen LogP contribution in [0.4, 0.5) is 0 Å². The lowest BCUT2D eigenvalue weighted by molar-refractivity contribution is 0.669. The van der Waals surface area contributed by atoms with Crippen LogP contribution < -0.4 is 27.3 Å². The van der Waals surface area contributed by atoms with Crippen LogP contribution in [-0.4, -0.2) is 54.2 Å². The molecule has 0 saturated carbocycles. The van der Waals surface area contributed by atoms with E-state index in [1.165, 1.54) is 27.3 Å². The third-order valence-corrected chi connectivity index (χ3v) is 10.3. The molecule has 0 radical (unpaired) electrons. The average molecular weight is 625 g/mol. The van der Waals surface area contributed by atoms with E-state index in [1.807, 2.05) is 54.6 Å². The van der Waals surface area contributed by atoms with Crippen LogP contribution in [0.25, 0.3) is 89.2 Å². The van der Waals surface area contributed by atoms with Gasteiger partial charge < -0.3 is 8.83 Å². The summed E-state index contributed by atoms with van der Waals surface area (Å²) < 4.78 is 13.0. The minimum atomic E-state index is 0.605. The van der Waals surface area contributed by atoms with Crippen molar-refractivity contribution in [1.82, 2.24) is 15.0 Å². The van der Waals surface area contributed by atoms with Crippen LogP contribution in [0.2, 0.25) is 0 Å². The molecule has 5 nitrogen and oxygen atoms in total. The molecule has 3 aromatic heterocycles. The zero-order valence-electron chi connectivity index (χ0n) is 28.1. The summed E-state index contributed by atoms with van der Waals surface area (Å²) >= 11 is 0. The summed E-state index contributed by atoms with van der Waals surface area (Å²) in [6.45, 7) is 0. The molecule has 0 amide bonds. The molecule has 0 fully saturated rings. The molecule has 0 aliphatic rings. The molecule has 226 valence electrons. The molecule has 0 bridgehead atoms. The highest BCUT2D eigenvalue weighted by atomic mass is 16.3. The summed E-state index contributed by atoms with van der Waals surface area (Å²) in [5.41, 5.74) is 14.5. The molecule has 6 aromatic carbocycles. The maximum atomic E-state index is 6.56.